The lowest BCUT2D eigenvalue weighted by atomic mass is 10.2. The van der Waals surface area contributed by atoms with E-state index >= 15 is 0 Å². The van der Waals surface area contributed by atoms with Crippen molar-refractivity contribution < 1.29 is 14.3 Å². The molecule has 1 amide bonds. The van der Waals surface area contributed by atoms with Crippen molar-refractivity contribution >= 4 is 28.9 Å². The zero-order chi connectivity index (χ0) is 16.2. The van der Waals surface area contributed by atoms with E-state index in [0.29, 0.717) is 24.0 Å². The van der Waals surface area contributed by atoms with Crippen molar-refractivity contribution in [2.75, 3.05) is 31.6 Å². The first-order valence-electron chi connectivity index (χ1n) is 7.83. The molecule has 1 aromatic rings. The third kappa shape index (κ3) is 3.56. The molecule has 1 fully saturated rings. The van der Waals surface area contributed by atoms with Crippen LogP contribution in [0.25, 0.3) is 0 Å². The molecule has 0 radical (unpaired) electrons. The number of rotatable bonds is 3. The summed E-state index contributed by atoms with van der Waals surface area (Å²) in [5.41, 5.74) is 0.873. The van der Waals surface area contributed by atoms with Gasteiger partial charge in [-0.3, -0.25) is 4.79 Å². The Morgan fingerprint density at radius 2 is 2.26 bits per heavy atom. The summed E-state index contributed by atoms with van der Waals surface area (Å²) in [6.07, 6.45) is 1.77. The summed E-state index contributed by atoms with van der Waals surface area (Å²) in [6, 6.07) is 7.60. The number of nitrogens with one attached hydrogen (secondary N) is 2. The molecule has 23 heavy (non-hydrogen) atoms. The number of benzene rings is 1. The van der Waals surface area contributed by atoms with Crippen LogP contribution in [0.4, 0.5) is 5.69 Å². The number of likely N-dealkylation sites (N-methyl/N-ethyl adjacent to an activating group) is 1. The molecule has 2 N–H and O–H groups in total. The van der Waals surface area contributed by atoms with Crippen molar-refractivity contribution in [3.63, 3.8) is 0 Å². The van der Waals surface area contributed by atoms with Gasteiger partial charge in [0.2, 0.25) is 0 Å². The van der Waals surface area contributed by atoms with E-state index in [1.165, 1.54) is 0 Å². The van der Waals surface area contributed by atoms with Gasteiger partial charge in [-0.1, -0.05) is 12.1 Å². The zero-order valence-corrected chi connectivity index (χ0v) is 13.9. The summed E-state index contributed by atoms with van der Waals surface area (Å²) in [4.78, 5) is 13.9. The molecule has 3 rings (SSSR count). The second kappa shape index (κ2) is 7.14. The molecule has 6 nitrogen and oxygen atoms in total. The molecule has 0 unspecified atom stereocenters. The van der Waals surface area contributed by atoms with Crippen LogP contribution in [-0.4, -0.2) is 50.0 Å². The third-order valence-corrected chi connectivity index (χ3v) is 4.43. The number of nitrogens with zero attached hydrogens (tertiary/aromatic N) is 1. The van der Waals surface area contributed by atoms with Gasteiger partial charge in [-0.2, -0.15) is 0 Å². The molecule has 2 aliphatic rings. The monoisotopic (exact) mass is 335 g/mol. The van der Waals surface area contributed by atoms with E-state index in [9.17, 15) is 4.79 Å². The molecule has 2 heterocycles. The van der Waals surface area contributed by atoms with Gasteiger partial charge in [0.1, 0.15) is 5.75 Å². The van der Waals surface area contributed by atoms with Crippen LogP contribution in [0.3, 0.4) is 0 Å². The second-order valence-electron chi connectivity index (χ2n) is 5.62. The average Bonchev–Trinajstić information content (AvgIpc) is 3.11. The molecule has 2 aliphatic heterocycles. The molecule has 0 spiro atoms. The summed E-state index contributed by atoms with van der Waals surface area (Å²) in [5, 5.41) is 6.47. The highest BCUT2D eigenvalue weighted by atomic mass is 32.1. The normalized spacial score (nSPS) is 22.9. The summed E-state index contributed by atoms with van der Waals surface area (Å²) in [7, 11) is 1.60. The Morgan fingerprint density at radius 3 is 3.00 bits per heavy atom. The Hall–Kier alpha value is -1.86. The average molecular weight is 335 g/mol. The molecule has 0 aromatic heterocycles. The first-order valence-corrected chi connectivity index (χ1v) is 8.24. The summed E-state index contributed by atoms with van der Waals surface area (Å²) in [5.74, 6) is 0.500. The first kappa shape index (κ1) is 16.0. The maximum atomic E-state index is 12.0. The van der Waals surface area contributed by atoms with Crippen LogP contribution in [0.5, 0.6) is 5.75 Å². The van der Waals surface area contributed by atoms with Gasteiger partial charge in [0.25, 0.3) is 5.91 Å². The van der Waals surface area contributed by atoms with E-state index in [4.69, 9.17) is 21.7 Å². The quantitative estimate of drug-likeness (QED) is 0.805. The maximum absolute atomic E-state index is 12.0. The van der Waals surface area contributed by atoms with E-state index < -0.39 is 6.10 Å². The number of para-hydroxylation sites is 2. The smallest absolute Gasteiger partial charge is 0.262 e. The molecule has 0 bridgehead atoms. The molecule has 1 saturated heterocycles. The van der Waals surface area contributed by atoms with Crippen LogP contribution in [0.2, 0.25) is 0 Å². The molecule has 7 heteroatoms. The minimum Gasteiger partial charge on any atom is -0.477 e. The van der Waals surface area contributed by atoms with E-state index in [1.54, 1.807) is 7.05 Å². The van der Waals surface area contributed by atoms with Gasteiger partial charge in [0, 0.05) is 20.2 Å². The predicted octanol–water partition coefficient (Wildman–Crippen LogP) is 1.05. The van der Waals surface area contributed by atoms with E-state index in [0.717, 1.165) is 25.1 Å². The predicted molar refractivity (Wildman–Crippen MR) is 91.8 cm³/mol. The number of ether oxygens (including phenoxy) is 2. The van der Waals surface area contributed by atoms with Gasteiger partial charge < -0.3 is 25.0 Å². The van der Waals surface area contributed by atoms with Crippen LogP contribution in [-0.2, 0) is 9.53 Å². The van der Waals surface area contributed by atoms with Crippen molar-refractivity contribution in [2.45, 2.75) is 25.0 Å². The molecule has 0 aliphatic carbocycles. The SMILES string of the molecule is CNC(=O)[C@H]1CN(C(=S)NC[C@@H]2CCCO2)c2ccccc2O1. The van der Waals surface area contributed by atoms with Crippen molar-refractivity contribution in [3.8, 4) is 5.75 Å². The Balaban J connectivity index is 1.73. The van der Waals surface area contributed by atoms with E-state index in [-0.39, 0.29) is 12.0 Å². The lowest BCUT2D eigenvalue weighted by molar-refractivity contribution is -0.127. The van der Waals surface area contributed by atoms with Crippen LogP contribution < -0.4 is 20.3 Å². The Kier molecular flexibility index (Phi) is 4.97. The maximum Gasteiger partial charge on any atom is 0.262 e. The Morgan fingerprint density at radius 1 is 1.43 bits per heavy atom. The summed E-state index contributed by atoms with van der Waals surface area (Å²) in [6.45, 7) is 1.88. The number of anilines is 1. The fourth-order valence-electron chi connectivity index (χ4n) is 2.83. The second-order valence-corrected chi connectivity index (χ2v) is 6.01. The Bertz CT molecular complexity index is 590. The number of carbonyl (C=O) groups is 1. The number of hydrogen-bond donors (Lipinski definition) is 2. The molecule has 2 atom stereocenters. The summed E-state index contributed by atoms with van der Waals surface area (Å²) < 4.78 is 11.4. The largest absolute Gasteiger partial charge is 0.477 e. The number of thiocarbonyl (C=S) groups is 1. The van der Waals surface area contributed by atoms with Crippen molar-refractivity contribution in [3.05, 3.63) is 24.3 Å². The van der Waals surface area contributed by atoms with E-state index in [2.05, 4.69) is 10.6 Å². The van der Waals surface area contributed by atoms with Gasteiger partial charge in [-0.05, 0) is 37.2 Å². The van der Waals surface area contributed by atoms with Crippen molar-refractivity contribution in [1.29, 1.82) is 0 Å². The van der Waals surface area contributed by atoms with Gasteiger partial charge in [0.05, 0.1) is 18.3 Å². The topological polar surface area (TPSA) is 62.8 Å². The molecule has 124 valence electrons. The number of hydrogen-bond acceptors (Lipinski definition) is 4. The molecular formula is C16H21N3O3S. The third-order valence-electron chi connectivity index (χ3n) is 4.06. The zero-order valence-electron chi connectivity index (χ0n) is 13.1. The van der Waals surface area contributed by atoms with Gasteiger partial charge in [-0.15, -0.1) is 0 Å². The Labute approximate surface area is 141 Å². The van der Waals surface area contributed by atoms with Crippen molar-refractivity contribution in [1.82, 2.24) is 10.6 Å². The highest BCUT2D eigenvalue weighted by Crippen LogP contribution is 2.33. The van der Waals surface area contributed by atoms with Crippen LogP contribution in [0, 0.1) is 0 Å². The van der Waals surface area contributed by atoms with Gasteiger partial charge >= 0.3 is 0 Å². The minimum atomic E-state index is -0.586. The van der Waals surface area contributed by atoms with Crippen LogP contribution >= 0.6 is 12.2 Å². The first-order chi connectivity index (χ1) is 11.2. The fourth-order valence-corrected chi connectivity index (χ4v) is 3.08. The van der Waals surface area contributed by atoms with Gasteiger partial charge in [-0.25, -0.2) is 0 Å². The standard InChI is InChI=1S/C16H21N3O3S/c1-17-15(20)14-10-19(12-6-2-3-7-13(12)22-14)16(23)18-9-11-5-4-8-21-11/h2-3,6-7,11,14H,4-5,8-10H2,1H3,(H,17,20)(H,18,23)/t11-,14+/m0/s1. The van der Waals surface area contributed by atoms with Gasteiger partial charge in [0.15, 0.2) is 11.2 Å². The molecular weight excluding hydrogens is 314 g/mol. The van der Waals surface area contributed by atoms with E-state index in [1.807, 2.05) is 29.2 Å². The number of amides is 1. The molecule has 0 saturated carbocycles. The minimum absolute atomic E-state index is 0.161. The number of carbonyl (C=O) groups excluding carboxylic acids is 1. The van der Waals surface area contributed by atoms with Crippen molar-refractivity contribution in [2.24, 2.45) is 0 Å². The number of fused-ring (bicyclic) bond motifs is 1. The molecule has 1 aromatic carbocycles. The highest BCUT2D eigenvalue weighted by Gasteiger charge is 2.32. The summed E-state index contributed by atoms with van der Waals surface area (Å²) >= 11 is 5.53. The lowest BCUT2D eigenvalue weighted by Gasteiger charge is -2.35. The van der Waals surface area contributed by atoms with Crippen LogP contribution in [0.1, 0.15) is 12.8 Å². The fraction of sp³-hybridized carbons (Fsp3) is 0.500. The van der Waals surface area contributed by atoms with Crippen LogP contribution in [0.15, 0.2) is 24.3 Å². The lowest BCUT2D eigenvalue weighted by Crippen LogP contribution is -2.53. The highest BCUT2D eigenvalue weighted by molar-refractivity contribution is 7.80.